The van der Waals surface area contributed by atoms with E-state index in [-0.39, 0.29) is 11.8 Å². The number of carbonyl (C=O) groups excluding carboxylic acids is 2. The molecule has 136 valence electrons. The molecular formula is C19H27N3O2S. The van der Waals surface area contributed by atoms with Gasteiger partial charge >= 0.3 is 0 Å². The van der Waals surface area contributed by atoms with Crippen molar-refractivity contribution in [3.63, 3.8) is 0 Å². The van der Waals surface area contributed by atoms with E-state index >= 15 is 0 Å². The number of amides is 2. The Hall–Kier alpha value is -1.53. The SMILES string of the molecule is CCc1ccc(C(=O)N2CCN(C(=O)CC3CSCCN3)CC2)cc1. The maximum absolute atomic E-state index is 12.6. The molecule has 2 amide bonds. The van der Waals surface area contributed by atoms with E-state index in [0.717, 1.165) is 30.0 Å². The molecule has 0 bridgehead atoms. The zero-order valence-corrected chi connectivity index (χ0v) is 15.7. The molecule has 0 saturated carbocycles. The van der Waals surface area contributed by atoms with Crippen LogP contribution in [0.1, 0.15) is 29.3 Å². The Bertz CT molecular complexity index is 591. The highest BCUT2D eigenvalue weighted by Crippen LogP contribution is 2.14. The van der Waals surface area contributed by atoms with E-state index in [1.165, 1.54) is 5.56 Å². The quantitative estimate of drug-likeness (QED) is 0.886. The number of hydrogen-bond acceptors (Lipinski definition) is 4. The van der Waals surface area contributed by atoms with Gasteiger partial charge < -0.3 is 15.1 Å². The van der Waals surface area contributed by atoms with Gasteiger partial charge in [0, 0.05) is 62.3 Å². The molecule has 1 aromatic rings. The van der Waals surface area contributed by atoms with Crippen molar-refractivity contribution in [3.05, 3.63) is 35.4 Å². The van der Waals surface area contributed by atoms with E-state index in [1.807, 2.05) is 45.8 Å². The minimum absolute atomic E-state index is 0.0695. The fourth-order valence-electron chi connectivity index (χ4n) is 3.32. The molecule has 3 rings (SSSR count). The highest BCUT2D eigenvalue weighted by atomic mass is 32.2. The summed E-state index contributed by atoms with van der Waals surface area (Å²) in [5, 5.41) is 3.41. The third kappa shape index (κ3) is 4.76. The molecule has 0 aromatic heterocycles. The van der Waals surface area contributed by atoms with Crippen molar-refractivity contribution in [1.29, 1.82) is 0 Å². The zero-order chi connectivity index (χ0) is 17.6. The molecule has 0 radical (unpaired) electrons. The summed E-state index contributed by atoms with van der Waals surface area (Å²) in [5.74, 6) is 2.42. The summed E-state index contributed by atoms with van der Waals surface area (Å²) in [5.41, 5.74) is 1.97. The van der Waals surface area contributed by atoms with Crippen molar-refractivity contribution in [2.45, 2.75) is 25.8 Å². The van der Waals surface area contributed by atoms with Gasteiger partial charge in [-0.1, -0.05) is 19.1 Å². The molecule has 5 nitrogen and oxygen atoms in total. The molecule has 6 heteroatoms. The Morgan fingerprint density at radius 1 is 1.12 bits per heavy atom. The van der Waals surface area contributed by atoms with Crippen LogP contribution in [0.5, 0.6) is 0 Å². The lowest BCUT2D eigenvalue weighted by Gasteiger charge is -2.36. The molecule has 2 saturated heterocycles. The largest absolute Gasteiger partial charge is 0.339 e. The van der Waals surface area contributed by atoms with Crippen LogP contribution in [0, 0.1) is 0 Å². The highest BCUT2D eigenvalue weighted by molar-refractivity contribution is 7.99. The molecule has 0 aliphatic carbocycles. The van der Waals surface area contributed by atoms with Gasteiger partial charge in [-0.3, -0.25) is 9.59 Å². The average molecular weight is 362 g/mol. The smallest absolute Gasteiger partial charge is 0.253 e. The van der Waals surface area contributed by atoms with Crippen LogP contribution in [0.2, 0.25) is 0 Å². The van der Waals surface area contributed by atoms with Crippen LogP contribution in [-0.2, 0) is 11.2 Å². The summed E-state index contributed by atoms with van der Waals surface area (Å²) < 4.78 is 0. The first-order valence-corrected chi connectivity index (χ1v) is 10.3. The van der Waals surface area contributed by atoms with Gasteiger partial charge in [-0.05, 0) is 24.1 Å². The molecule has 2 heterocycles. The number of nitrogens with one attached hydrogen (secondary N) is 1. The van der Waals surface area contributed by atoms with Crippen LogP contribution in [0.15, 0.2) is 24.3 Å². The zero-order valence-electron chi connectivity index (χ0n) is 14.9. The number of aryl methyl sites for hydroxylation is 1. The standard InChI is InChI=1S/C19H27N3O2S/c1-2-15-3-5-16(6-4-15)19(24)22-10-8-21(9-11-22)18(23)13-17-14-25-12-7-20-17/h3-6,17,20H,2,7-14H2,1H3. The second-order valence-corrected chi connectivity index (χ2v) is 7.80. The highest BCUT2D eigenvalue weighted by Gasteiger charge is 2.26. The average Bonchev–Trinajstić information content (AvgIpc) is 2.68. The number of rotatable bonds is 4. The van der Waals surface area contributed by atoms with E-state index in [9.17, 15) is 9.59 Å². The molecule has 2 aliphatic rings. The molecule has 2 aliphatic heterocycles. The summed E-state index contributed by atoms with van der Waals surface area (Å²) in [6, 6.07) is 8.14. The van der Waals surface area contributed by atoms with Gasteiger partial charge in [0.05, 0.1) is 0 Å². The van der Waals surface area contributed by atoms with Crippen molar-refractivity contribution in [3.8, 4) is 0 Å². The fraction of sp³-hybridized carbons (Fsp3) is 0.579. The minimum Gasteiger partial charge on any atom is -0.339 e. The molecular weight excluding hydrogens is 334 g/mol. The number of benzene rings is 1. The maximum atomic E-state index is 12.6. The van der Waals surface area contributed by atoms with Gasteiger partial charge in [0.2, 0.25) is 5.91 Å². The summed E-state index contributed by atoms with van der Waals surface area (Å²) in [6.07, 6.45) is 1.54. The lowest BCUT2D eigenvalue weighted by Crippen LogP contribution is -2.52. The fourth-order valence-corrected chi connectivity index (χ4v) is 4.26. The van der Waals surface area contributed by atoms with E-state index in [0.29, 0.717) is 38.6 Å². The van der Waals surface area contributed by atoms with Gasteiger partial charge in [0.15, 0.2) is 0 Å². The summed E-state index contributed by atoms with van der Waals surface area (Å²) >= 11 is 1.91. The van der Waals surface area contributed by atoms with Crippen LogP contribution >= 0.6 is 11.8 Å². The number of carbonyl (C=O) groups is 2. The Morgan fingerprint density at radius 3 is 2.40 bits per heavy atom. The molecule has 1 N–H and O–H groups in total. The normalized spacial score (nSPS) is 21.2. The number of nitrogens with zero attached hydrogens (tertiary/aromatic N) is 2. The lowest BCUT2D eigenvalue weighted by atomic mass is 10.1. The van der Waals surface area contributed by atoms with Gasteiger partial charge in [-0.2, -0.15) is 11.8 Å². The Kier molecular flexibility index (Phi) is 6.37. The molecule has 1 atom stereocenters. The number of thioether (sulfide) groups is 1. The maximum Gasteiger partial charge on any atom is 0.253 e. The first kappa shape index (κ1) is 18.3. The van der Waals surface area contributed by atoms with E-state index in [4.69, 9.17) is 0 Å². The second kappa shape index (κ2) is 8.72. The summed E-state index contributed by atoms with van der Waals surface area (Å²) in [7, 11) is 0. The van der Waals surface area contributed by atoms with Crippen molar-refractivity contribution in [2.75, 3.05) is 44.2 Å². The number of piperazine rings is 1. The lowest BCUT2D eigenvalue weighted by molar-refractivity contribution is -0.133. The molecule has 1 aromatic carbocycles. The van der Waals surface area contributed by atoms with Gasteiger partial charge in [0.1, 0.15) is 0 Å². The third-order valence-electron chi connectivity index (χ3n) is 4.95. The van der Waals surface area contributed by atoms with Gasteiger partial charge in [-0.15, -0.1) is 0 Å². The molecule has 1 unspecified atom stereocenters. The van der Waals surface area contributed by atoms with Gasteiger partial charge in [-0.25, -0.2) is 0 Å². The van der Waals surface area contributed by atoms with E-state index in [2.05, 4.69) is 12.2 Å². The molecule has 0 spiro atoms. The Labute approximate surface area is 154 Å². The van der Waals surface area contributed by atoms with Crippen molar-refractivity contribution in [2.24, 2.45) is 0 Å². The minimum atomic E-state index is 0.0695. The van der Waals surface area contributed by atoms with Crippen LogP contribution in [-0.4, -0.2) is 71.9 Å². The van der Waals surface area contributed by atoms with Crippen LogP contribution in [0.3, 0.4) is 0 Å². The Balaban J connectivity index is 1.48. The van der Waals surface area contributed by atoms with Crippen molar-refractivity contribution >= 4 is 23.6 Å². The van der Waals surface area contributed by atoms with Crippen LogP contribution < -0.4 is 5.32 Å². The first-order valence-electron chi connectivity index (χ1n) is 9.14. The molecule has 25 heavy (non-hydrogen) atoms. The number of hydrogen-bond donors (Lipinski definition) is 1. The first-order chi connectivity index (χ1) is 12.2. The monoisotopic (exact) mass is 361 g/mol. The van der Waals surface area contributed by atoms with Gasteiger partial charge in [0.25, 0.3) is 5.91 Å². The predicted molar refractivity (Wildman–Crippen MR) is 102 cm³/mol. The predicted octanol–water partition coefficient (Wildman–Crippen LogP) is 1.63. The van der Waals surface area contributed by atoms with Crippen molar-refractivity contribution in [1.82, 2.24) is 15.1 Å². The van der Waals surface area contributed by atoms with Crippen molar-refractivity contribution < 1.29 is 9.59 Å². The van der Waals surface area contributed by atoms with E-state index < -0.39 is 0 Å². The van der Waals surface area contributed by atoms with Crippen LogP contribution in [0.4, 0.5) is 0 Å². The summed E-state index contributed by atoms with van der Waals surface area (Å²) in [6.45, 7) is 5.60. The topological polar surface area (TPSA) is 52.7 Å². The van der Waals surface area contributed by atoms with E-state index in [1.54, 1.807) is 0 Å². The summed E-state index contributed by atoms with van der Waals surface area (Å²) in [4.78, 5) is 28.8. The third-order valence-corrected chi connectivity index (χ3v) is 6.08. The molecule has 2 fully saturated rings. The van der Waals surface area contributed by atoms with Crippen LogP contribution in [0.25, 0.3) is 0 Å². The second-order valence-electron chi connectivity index (χ2n) is 6.65. The Morgan fingerprint density at radius 2 is 1.80 bits per heavy atom.